The lowest BCUT2D eigenvalue weighted by atomic mass is 9.84. The Morgan fingerprint density at radius 2 is 2.04 bits per heavy atom. The van der Waals surface area contributed by atoms with Gasteiger partial charge in [0.2, 0.25) is 5.89 Å². The van der Waals surface area contributed by atoms with Crippen molar-refractivity contribution in [1.29, 1.82) is 0 Å². The average Bonchev–Trinajstić information content (AvgIpc) is 3.40. The minimum absolute atomic E-state index is 0.122. The summed E-state index contributed by atoms with van der Waals surface area (Å²) in [6.07, 6.45) is 1.84. The summed E-state index contributed by atoms with van der Waals surface area (Å²) < 4.78 is 16.3. The summed E-state index contributed by atoms with van der Waals surface area (Å²) in [6, 6.07) is 10.1. The summed E-state index contributed by atoms with van der Waals surface area (Å²) in [5.74, 6) is 0.981. The fourth-order valence-electron chi connectivity index (χ4n) is 3.47. The minimum Gasteiger partial charge on any atom is -0.493 e. The van der Waals surface area contributed by atoms with Gasteiger partial charge in [0.25, 0.3) is 11.8 Å². The van der Waals surface area contributed by atoms with Crippen LogP contribution >= 0.6 is 0 Å². The van der Waals surface area contributed by atoms with E-state index in [1.54, 1.807) is 24.3 Å². The van der Waals surface area contributed by atoms with E-state index in [9.17, 15) is 9.59 Å². The van der Waals surface area contributed by atoms with Gasteiger partial charge in [-0.05, 0) is 18.2 Å². The normalized spacial score (nSPS) is 21.3. The van der Waals surface area contributed by atoms with Gasteiger partial charge in [-0.2, -0.15) is 0 Å². The highest BCUT2D eigenvalue weighted by Crippen LogP contribution is 2.41. The third-order valence-corrected chi connectivity index (χ3v) is 4.75. The van der Waals surface area contributed by atoms with Gasteiger partial charge in [0.05, 0.1) is 12.9 Å². The molecule has 0 aliphatic carbocycles. The molecule has 0 saturated carbocycles. The molecule has 1 fully saturated rings. The Labute approximate surface area is 152 Å². The molecule has 9 nitrogen and oxygen atoms in total. The molecule has 2 aromatic heterocycles. The molecule has 4 heterocycles. The maximum atomic E-state index is 13.2. The van der Waals surface area contributed by atoms with E-state index in [4.69, 9.17) is 13.6 Å². The van der Waals surface area contributed by atoms with Gasteiger partial charge in [-0.3, -0.25) is 9.69 Å². The highest BCUT2D eigenvalue weighted by Gasteiger charge is 2.55. The first-order valence-electron chi connectivity index (χ1n) is 8.40. The number of amides is 3. The first kappa shape index (κ1) is 15.6. The van der Waals surface area contributed by atoms with Crippen LogP contribution in [0.1, 0.15) is 17.9 Å². The second-order valence-corrected chi connectivity index (χ2v) is 6.30. The molecule has 27 heavy (non-hydrogen) atoms. The molecule has 3 aromatic rings. The number of furan rings is 1. The monoisotopic (exact) mass is 366 g/mol. The average molecular weight is 366 g/mol. The number of rotatable bonds is 3. The van der Waals surface area contributed by atoms with Crippen molar-refractivity contribution < 1.29 is 23.2 Å². The molecule has 0 bridgehead atoms. The number of urea groups is 1. The Balaban J connectivity index is 1.44. The third kappa shape index (κ3) is 2.31. The lowest BCUT2D eigenvalue weighted by molar-refractivity contribution is -0.133. The molecule has 2 aliphatic heterocycles. The number of carbonyl (C=O) groups excluding carboxylic acids is 2. The number of benzene rings is 1. The molecule has 5 rings (SSSR count). The lowest BCUT2D eigenvalue weighted by Crippen LogP contribution is -2.47. The zero-order valence-corrected chi connectivity index (χ0v) is 14.0. The van der Waals surface area contributed by atoms with Crippen molar-refractivity contribution in [3.63, 3.8) is 0 Å². The SMILES string of the molecule is O=C1N[C@]2(CCOc3ccccc32)C(=O)N1Cc1nnc(-c2ccco2)o1. The standard InChI is InChI=1S/C18H14N4O5/c23-16-18(7-9-26-12-5-2-1-4-11(12)18)19-17(24)22(16)10-14-20-21-15(27-14)13-6-3-8-25-13/h1-6,8H,7,9-10H2,(H,19,24)/t18-/m0/s1. The van der Waals surface area contributed by atoms with Crippen LogP contribution in [0.25, 0.3) is 11.7 Å². The third-order valence-electron chi connectivity index (χ3n) is 4.75. The molecule has 1 N–H and O–H groups in total. The second kappa shape index (κ2) is 5.70. The Bertz CT molecular complexity index is 1030. The highest BCUT2D eigenvalue weighted by atomic mass is 16.5. The van der Waals surface area contributed by atoms with Crippen LogP contribution in [0, 0.1) is 0 Å². The van der Waals surface area contributed by atoms with Crippen LogP contribution in [0.5, 0.6) is 5.75 Å². The van der Waals surface area contributed by atoms with Crippen molar-refractivity contribution in [2.24, 2.45) is 0 Å². The van der Waals surface area contributed by atoms with Crippen LogP contribution in [0.15, 0.2) is 51.5 Å². The Kier molecular flexibility index (Phi) is 3.30. The van der Waals surface area contributed by atoms with E-state index in [2.05, 4.69) is 15.5 Å². The van der Waals surface area contributed by atoms with Crippen molar-refractivity contribution in [3.05, 3.63) is 54.1 Å². The van der Waals surface area contributed by atoms with Gasteiger partial charge in [0, 0.05) is 12.0 Å². The van der Waals surface area contributed by atoms with E-state index in [0.717, 1.165) is 4.90 Å². The lowest BCUT2D eigenvalue weighted by Gasteiger charge is -2.33. The Morgan fingerprint density at radius 1 is 1.15 bits per heavy atom. The van der Waals surface area contributed by atoms with Gasteiger partial charge >= 0.3 is 6.03 Å². The Hall–Kier alpha value is -3.62. The van der Waals surface area contributed by atoms with E-state index in [0.29, 0.717) is 30.1 Å². The largest absolute Gasteiger partial charge is 0.493 e. The van der Waals surface area contributed by atoms with Crippen LogP contribution in [0.2, 0.25) is 0 Å². The summed E-state index contributed by atoms with van der Waals surface area (Å²) in [4.78, 5) is 26.8. The van der Waals surface area contributed by atoms with Crippen LogP contribution in [0.4, 0.5) is 4.79 Å². The summed E-state index contributed by atoms with van der Waals surface area (Å²) >= 11 is 0. The van der Waals surface area contributed by atoms with Crippen molar-refractivity contribution in [3.8, 4) is 17.4 Å². The van der Waals surface area contributed by atoms with E-state index < -0.39 is 11.6 Å². The van der Waals surface area contributed by atoms with Crippen molar-refractivity contribution in [2.45, 2.75) is 18.5 Å². The topological polar surface area (TPSA) is 111 Å². The maximum absolute atomic E-state index is 13.2. The predicted molar refractivity (Wildman–Crippen MR) is 89.3 cm³/mol. The predicted octanol–water partition coefficient (Wildman–Crippen LogP) is 2.06. The number of nitrogens with zero attached hydrogens (tertiary/aromatic N) is 3. The fourth-order valence-corrected chi connectivity index (χ4v) is 3.47. The molecule has 1 saturated heterocycles. The molecule has 2 aliphatic rings. The number of aromatic nitrogens is 2. The number of fused-ring (bicyclic) bond motifs is 2. The molecule has 9 heteroatoms. The van der Waals surface area contributed by atoms with Gasteiger partial charge in [-0.25, -0.2) is 4.79 Å². The second-order valence-electron chi connectivity index (χ2n) is 6.30. The van der Waals surface area contributed by atoms with Crippen molar-refractivity contribution in [2.75, 3.05) is 6.61 Å². The summed E-state index contributed by atoms with van der Waals surface area (Å²) in [6.45, 7) is 0.212. The van der Waals surface area contributed by atoms with Gasteiger partial charge in [-0.1, -0.05) is 18.2 Å². The number of nitrogens with one attached hydrogen (secondary N) is 1. The van der Waals surface area contributed by atoms with Crippen LogP contribution in [0.3, 0.4) is 0 Å². The quantitative estimate of drug-likeness (QED) is 0.706. The van der Waals surface area contributed by atoms with Gasteiger partial charge in [0.15, 0.2) is 11.3 Å². The Morgan fingerprint density at radius 3 is 2.89 bits per heavy atom. The van der Waals surface area contributed by atoms with Gasteiger partial charge in [0.1, 0.15) is 12.3 Å². The van der Waals surface area contributed by atoms with E-state index in [1.807, 2.05) is 12.1 Å². The van der Waals surface area contributed by atoms with Crippen LogP contribution in [-0.2, 0) is 16.9 Å². The van der Waals surface area contributed by atoms with E-state index in [-0.39, 0.29) is 24.2 Å². The molecule has 1 aromatic carbocycles. The summed E-state index contributed by atoms with van der Waals surface area (Å²) in [5.41, 5.74) is -0.477. The fraction of sp³-hybridized carbons (Fsp3) is 0.222. The number of ether oxygens (including phenoxy) is 1. The van der Waals surface area contributed by atoms with Crippen LogP contribution < -0.4 is 10.1 Å². The maximum Gasteiger partial charge on any atom is 0.325 e. The smallest absolute Gasteiger partial charge is 0.325 e. The first-order chi connectivity index (χ1) is 13.2. The molecular weight excluding hydrogens is 352 g/mol. The van der Waals surface area contributed by atoms with E-state index >= 15 is 0 Å². The summed E-state index contributed by atoms with van der Waals surface area (Å²) in [7, 11) is 0. The van der Waals surface area contributed by atoms with Crippen molar-refractivity contribution >= 4 is 11.9 Å². The van der Waals surface area contributed by atoms with Crippen LogP contribution in [-0.4, -0.2) is 33.6 Å². The number of imide groups is 1. The molecule has 3 amide bonds. The summed E-state index contributed by atoms with van der Waals surface area (Å²) in [5, 5.41) is 10.6. The first-order valence-corrected chi connectivity index (χ1v) is 8.40. The molecular formula is C18H14N4O5. The molecule has 1 spiro atoms. The highest BCUT2D eigenvalue weighted by molar-refractivity contribution is 6.07. The zero-order chi connectivity index (χ0) is 18.4. The zero-order valence-electron chi connectivity index (χ0n) is 14.0. The molecule has 0 unspecified atom stereocenters. The number of para-hydroxylation sites is 1. The molecule has 136 valence electrons. The number of hydrogen-bond donors (Lipinski definition) is 1. The van der Waals surface area contributed by atoms with Gasteiger partial charge < -0.3 is 18.9 Å². The molecule has 1 atom stereocenters. The number of hydrogen-bond acceptors (Lipinski definition) is 7. The van der Waals surface area contributed by atoms with E-state index in [1.165, 1.54) is 6.26 Å². The minimum atomic E-state index is -1.13. The van der Waals surface area contributed by atoms with Crippen molar-refractivity contribution in [1.82, 2.24) is 20.4 Å². The van der Waals surface area contributed by atoms with Gasteiger partial charge in [-0.15, -0.1) is 10.2 Å². The molecule has 0 radical (unpaired) electrons. The number of carbonyl (C=O) groups is 2.